The molecule has 20 heavy (non-hydrogen) atoms. The van der Waals surface area contributed by atoms with E-state index in [2.05, 4.69) is 33.2 Å². The number of nitrogens with one attached hydrogen (secondary N) is 2. The molecule has 0 radical (unpaired) electrons. The first-order valence-electron chi connectivity index (χ1n) is 5.68. The van der Waals surface area contributed by atoms with Crippen molar-refractivity contribution in [1.82, 2.24) is 5.32 Å². The van der Waals surface area contributed by atoms with E-state index in [4.69, 9.17) is 12.2 Å². The first-order valence-corrected chi connectivity index (χ1v) is 7.17. The van der Waals surface area contributed by atoms with Gasteiger partial charge >= 0.3 is 0 Å². The molecule has 6 heteroatoms. The lowest BCUT2D eigenvalue weighted by Crippen LogP contribution is -2.34. The average Bonchev–Trinajstić information content (AvgIpc) is 2.42. The second kappa shape index (κ2) is 6.76. The zero-order chi connectivity index (χ0) is 14.5. The minimum Gasteiger partial charge on any atom is -0.332 e. The molecule has 0 bridgehead atoms. The van der Waals surface area contributed by atoms with E-state index < -0.39 is 0 Å². The van der Waals surface area contributed by atoms with Crippen molar-refractivity contribution in [3.05, 3.63) is 63.5 Å². The number of halogens is 2. The molecule has 0 unspecified atom stereocenters. The lowest BCUT2D eigenvalue weighted by molar-refractivity contribution is 0.0977. The van der Waals surface area contributed by atoms with Crippen LogP contribution in [0.15, 0.2) is 48.5 Å². The molecule has 0 aliphatic carbocycles. The van der Waals surface area contributed by atoms with Gasteiger partial charge in [0.15, 0.2) is 5.11 Å². The van der Waals surface area contributed by atoms with E-state index in [0.717, 1.165) is 9.26 Å². The molecule has 0 saturated heterocycles. The van der Waals surface area contributed by atoms with Gasteiger partial charge in [-0.2, -0.15) is 0 Å². The van der Waals surface area contributed by atoms with Crippen molar-refractivity contribution >= 4 is 51.5 Å². The Balaban J connectivity index is 1.95. The quantitative estimate of drug-likeness (QED) is 0.599. The van der Waals surface area contributed by atoms with Crippen LogP contribution < -0.4 is 10.6 Å². The van der Waals surface area contributed by atoms with Crippen LogP contribution >= 0.6 is 34.8 Å². The van der Waals surface area contributed by atoms with E-state index in [1.807, 2.05) is 24.3 Å². The minimum atomic E-state index is -0.388. The highest BCUT2D eigenvalue weighted by Gasteiger charge is 2.07. The van der Waals surface area contributed by atoms with Gasteiger partial charge in [0.05, 0.1) is 0 Å². The molecule has 2 aromatic rings. The number of carbonyl (C=O) groups is 1. The Bertz CT molecular complexity index is 629. The van der Waals surface area contributed by atoms with Crippen molar-refractivity contribution in [2.45, 2.75) is 0 Å². The molecule has 0 atom stereocenters. The summed E-state index contributed by atoms with van der Waals surface area (Å²) in [4.78, 5) is 11.8. The third-order valence-electron chi connectivity index (χ3n) is 2.44. The van der Waals surface area contributed by atoms with Crippen LogP contribution in [0.5, 0.6) is 0 Å². The van der Waals surface area contributed by atoms with Crippen LogP contribution in [0.3, 0.4) is 0 Å². The molecular formula is C14H10FIN2OS. The van der Waals surface area contributed by atoms with E-state index in [9.17, 15) is 9.18 Å². The van der Waals surface area contributed by atoms with Crippen LogP contribution in [0.4, 0.5) is 10.1 Å². The average molecular weight is 400 g/mol. The largest absolute Gasteiger partial charge is 0.332 e. The Hall–Kier alpha value is -1.54. The maximum atomic E-state index is 12.8. The molecular weight excluding hydrogens is 390 g/mol. The highest BCUT2D eigenvalue weighted by molar-refractivity contribution is 14.1. The van der Waals surface area contributed by atoms with Crippen LogP contribution in [-0.2, 0) is 0 Å². The standard InChI is InChI=1S/C14H10FIN2OS/c15-10-3-1-9(2-4-10)13(19)18-14(20)17-12-7-5-11(16)6-8-12/h1-8H,(H2,17,18,19,20). The normalized spacial score (nSPS) is 9.90. The molecule has 3 nitrogen and oxygen atoms in total. The summed E-state index contributed by atoms with van der Waals surface area (Å²) in [7, 11) is 0. The zero-order valence-corrected chi connectivity index (χ0v) is 13.2. The molecule has 2 rings (SSSR count). The van der Waals surface area contributed by atoms with Gasteiger partial charge < -0.3 is 5.32 Å². The van der Waals surface area contributed by atoms with Gasteiger partial charge in [0.1, 0.15) is 5.82 Å². The number of amides is 1. The van der Waals surface area contributed by atoms with E-state index in [1.165, 1.54) is 24.3 Å². The van der Waals surface area contributed by atoms with Crippen LogP contribution in [0.2, 0.25) is 0 Å². The van der Waals surface area contributed by atoms with Gasteiger partial charge in [-0.1, -0.05) is 0 Å². The van der Waals surface area contributed by atoms with E-state index in [-0.39, 0.29) is 16.8 Å². The second-order valence-corrected chi connectivity index (χ2v) is 5.58. The topological polar surface area (TPSA) is 41.1 Å². The highest BCUT2D eigenvalue weighted by atomic mass is 127. The molecule has 2 aromatic carbocycles. The minimum absolute atomic E-state index is 0.195. The number of hydrogen-bond donors (Lipinski definition) is 2. The van der Waals surface area contributed by atoms with Gasteiger partial charge in [-0.15, -0.1) is 0 Å². The number of thiocarbonyl (C=S) groups is 1. The molecule has 0 aromatic heterocycles. The molecule has 0 spiro atoms. The predicted molar refractivity (Wildman–Crippen MR) is 89.2 cm³/mol. The predicted octanol–water partition coefficient (Wildman–Crippen LogP) is 3.56. The first kappa shape index (κ1) is 14.9. The van der Waals surface area contributed by atoms with Crippen LogP contribution in [0.1, 0.15) is 10.4 Å². The SMILES string of the molecule is O=C(NC(=S)Nc1ccc(I)cc1)c1ccc(F)cc1. The van der Waals surface area contributed by atoms with Crippen molar-refractivity contribution in [3.8, 4) is 0 Å². The first-order chi connectivity index (χ1) is 9.54. The van der Waals surface area contributed by atoms with Crippen molar-refractivity contribution in [1.29, 1.82) is 0 Å². The Kier molecular flexibility index (Phi) is 5.02. The summed E-state index contributed by atoms with van der Waals surface area (Å²) >= 11 is 7.25. The molecule has 0 saturated carbocycles. The Morgan fingerprint density at radius 3 is 2.25 bits per heavy atom. The summed E-state index contributed by atoms with van der Waals surface area (Å²) < 4.78 is 13.9. The smallest absolute Gasteiger partial charge is 0.257 e. The van der Waals surface area contributed by atoms with Crippen molar-refractivity contribution in [3.63, 3.8) is 0 Å². The molecule has 0 aliphatic heterocycles. The van der Waals surface area contributed by atoms with Crippen molar-refractivity contribution < 1.29 is 9.18 Å². The molecule has 1 amide bonds. The van der Waals surface area contributed by atoms with Gasteiger partial charge in [-0.25, -0.2) is 4.39 Å². The summed E-state index contributed by atoms with van der Waals surface area (Å²) in [5.41, 5.74) is 1.13. The van der Waals surface area contributed by atoms with Gasteiger partial charge in [-0.3, -0.25) is 10.1 Å². The summed E-state index contributed by atoms with van der Waals surface area (Å²) in [5, 5.41) is 5.63. The summed E-state index contributed by atoms with van der Waals surface area (Å²) in [6.45, 7) is 0. The number of benzene rings is 2. The highest BCUT2D eigenvalue weighted by Crippen LogP contribution is 2.11. The van der Waals surface area contributed by atoms with Crippen LogP contribution in [-0.4, -0.2) is 11.0 Å². The molecule has 2 N–H and O–H groups in total. The number of anilines is 1. The zero-order valence-electron chi connectivity index (χ0n) is 10.2. The summed E-state index contributed by atoms with van der Waals surface area (Å²) in [5.74, 6) is -0.769. The second-order valence-electron chi connectivity index (χ2n) is 3.92. The number of rotatable bonds is 2. The fraction of sp³-hybridized carbons (Fsp3) is 0. The lowest BCUT2D eigenvalue weighted by Gasteiger charge is -2.09. The van der Waals surface area contributed by atoms with Crippen LogP contribution in [0, 0.1) is 9.39 Å². The van der Waals surface area contributed by atoms with Gasteiger partial charge in [0, 0.05) is 14.8 Å². The molecule has 0 fully saturated rings. The van der Waals surface area contributed by atoms with Gasteiger partial charge in [0.2, 0.25) is 0 Å². The number of carbonyl (C=O) groups excluding carboxylic acids is 1. The lowest BCUT2D eigenvalue weighted by atomic mass is 10.2. The Labute approximate surface area is 134 Å². The molecule has 0 aliphatic rings. The van der Waals surface area contributed by atoms with E-state index in [0.29, 0.717) is 5.56 Å². The van der Waals surface area contributed by atoms with Crippen LogP contribution in [0.25, 0.3) is 0 Å². The fourth-order valence-corrected chi connectivity index (χ4v) is 2.04. The Morgan fingerprint density at radius 2 is 1.65 bits per heavy atom. The van der Waals surface area contributed by atoms with E-state index >= 15 is 0 Å². The monoisotopic (exact) mass is 400 g/mol. The van der Waals surface area contributed by atoms with Gasteiger partial charge in [-0.05, 0) is 83.3 Å². The fourth-order valence-electron chi connectivity index (χ4n) is 1.47. The number of hydrogen-bond acceptors (Lipinski definition) is 2. The van der Waals surface area contributed by atoms with Crippen molar-refractivity contribution in [2.75, 3.05) is 5.32 Å². The summed E-state index contributed by atoms with van der Waals surface area (Å²) in [6.07, 6.45) is 0. The maximum Gasteiger partial charge on any atom is 0.257 e. The third-order valence-corrected chi connectivity index (χ3v) is 3.36. The van der Waals surface area contributed by atoms with Crippen molar-refractivity contribution in [2.24, 2.45) is 0 Å². The molecule has 102 valence electrons. The molecule has 0 heterocycles. The third kappa shape index (κ3) is 4.24. The maximum absolute atomic E-state index is 12.8. The Morgan fingerprint density at radius 1 is 1.05 bits per heavy atom. The summed E-state index contributed by atoms with van der Waals surface area (Å²) in [6, 6.07) is 12.8. The van der Waals surface area contributed by atoms with E-state index in [1.54, 1.807) is 0 Å². The van der Waals surface area contributed by atoms with Gasteiger partial charge in [0.25, 0.3) is 5.91 Å².